The van der Waals surface area contributed by atoms with Crippen LogP contribution in [0.1, 0.15) is 28.4 Å². The summed E-state index contributed by atoms with van der Waals surface area (Å²) in [5.74, 6) is 0.738. The van der Waals surface area contributed by atoms with Crippen molar-refractivity contribution in [3.8, 4) is 5.75 Å². The molecule has 1 fully saturated rings. The van der Waals surface area contributed by atoms with Crippen LogP contribution >= 0.6 is 0 Å². The standard InChI is InChI=1S/C22H28N2O3/c1-17-3-9-21(10-4-17)27-16-18(2)23-22(25)20-7-5-19(6-8-20)15-24-11-13-26-14-12-24/h3-10,18H,11-16H2,1-2H3,(H,23,25)/t18-/m0/s1. The minimum Gasteiger partial charge on any atom is -0.491 e. The summed E-state index contributed by atoms with van der Waals surface area (Å²) in [6.07, 6.45) is 0. The van der Waals surface area contributed by atoms with Crippen molar-refractivity contribution in [3.05, 3.63) is 65.2 Å². The van der Waals surface area contributed by atoms with Crippen LogP contribution in [0.5, 0.6) is 5.75 Å². The maximum absolute atomic E-state index is 12.4. The van der Waals surface area contributed by atoms with Crippen LogP contribution in [0.2, 0.25) is 0 Å². The average molecular weight is 368 g/mol. The number of hydrogen-bond acceptors (Lipinski definition) is 4. The van der Waals surface area contributed by atoms with Crippen LogP contribution in [0.15, 0.2) is 48.5 Å². The summed E-state index contributed by atoms with van der Waals surface area (Å²) in [6, 6.07) is 15.7. The first kappa shape index (κ1) is 19.4. The third kappa shape index (κ3) is 6.08. The minimum atomic E-state index is -0.0770. The third-order valence-electron chi connectivity index (χ3n) is 4.62. The molecule has 0 bridgehead atoms. The molecule has 27 heavy (non-hydrogen) atoms. The van der Waals surface area contributed by atoms with Crippen LogP contribution < -0.4 is 10.1 Å². The molecule has 0 radical (unpaired) electrons. The fourth-order valence-corrected chi connectivity index (χ4v) is 2.98. The van der Waals surface area contributed by atoms with Crippen molar-refractivity contribution in [2.75, 3.05) is 32.9 Å². The van der Waals surface area contributed by atoms with Gasteiger partial charge in [0.2, 0.25) is 0 Å². The fourth-order valence-electron chi connectivity index (χ4n) is 2.98. The monoisotopic (exact) mass is 368 g/mol. The van der Waals surface area contributed by atoms with E-state index in [1.54, 1.807) is 0 Å². The number of hydrogen-bond donors (Lipinski definition) is 1. The molecular formula is C22H28N2O3. The largest absolute Gasteiger partial charge is 0.491 e. The molecule has 3 rings (SSSR count). The Labute approximate surface area is 161 Å². The van der Waals surface area contributed by atoms with E-state index in [1.807, 2.05) is 62.4 Å². The average Bonchev–Trinajstić information content (AvgIpc) is 2.69. The zero-order valence-electron chi connectivity index (χ0n) is 16.1. The van der Waals surface area contributed by atoms with Crippen molar-refractivity contribution in [3.63, 3.8) is 0 Å². The molecule has 1 N–H and O–H groups in total. The Balaban J connectivity index is 1.45. The Kier molecular flexibility index (Phi) is 6.85. The van der Waals surface area contributed by atoms with Gasteiger partial charge in [-0.2, -0.15) is 0 Å². The van der Waals surface area contributed by atoms with Crippen LogP contribution in [0, 0.1) is 6.92 Å². The van der Waals surface area contributed by atoms with Gasteiger partial charge in [-0.25, -0.2) is 0 Å². The number of carbonyl (C=O) groups excluding carboxylic acids is 1. The Morgan fingerprint density at radius 3 is 2.44 bits per heavy atom. The summed E-state index contributed by atoms with van der Waals surface area (Å²) in [5, 5.41) is 2.99. The van der Waals surface area contributed by atoms with E-state index in [9.17, 15) is 4.79 Å². The number of nitrogens with one attached hydrogen (secondary N) is 1. The van der Waals surface area contributed by atoms with Crippen LogP contribution in [0.25, 0.3) is 0 Å². The predicted molar refractivity (Wildman–Crippen MR) is 106 cm³/mol. The summed E-state index contributed by atoms with van der Waals surface area (Å²) in [4.78, 5) is 14.8. The van der Waals surface area contributed by atoms with E-state index >= 15 is 0 Å². The highest BCUT2D eigenvalue weighted by molar-refractivity contribution is 5.94. The summed E-state index contributed by atoms with van der Waals surface area (Å²) < 4.78 is 11.1. The number of ether oxygens (including phenoxy) is 2. The van der Waals surface area contributed by atoms with Crippen LogP contribution in [-0.2, 0) is 11.3 Å². The van der Waals surface area contributed by atoms with Gasteiger partial charge in [0.15, 0.2) is 0 Å². The first-order valence-corrected chi connectivity index (χ1v) is 9.49. The fraction of sp³-hybridized carbons (Fsp3) is 0.409. The quantitative estimate of drug-likeness (QED) is 0.816. The van der Waals surface area contributed by atoms with Gasteiger partial charge in [0.05, 0.1) is 19.3 Å². The molecule has 1 atom stereocenters. The predicted octanol–water partition coefficient (Wildman–Crippen LogP) is 3.02. The maximum atomic E-state index is 12.4. The molecule has 1 aliphatic rings. The van der Waals surface area contributed by atoms with Crippen molar-refractivity contribution in [1.82, 2.24) is 10.2 Å². The molecule has 0 aromatic heterocycles. The number of rotatable bonds is 7. The van der Waals surface area contributed by atoms with E-state index in [2.05, 4.69) is 10.2 Å². The van der Waals surface area contributed by atoms with Gasteiger partial charge in [-0.15, -0.1) is 0 Å². The van der Waals surface area contributed by atoms with Gasteiger partial charge < -0.3 is 14.8 Å². The third-order valence-corrected chi connectivity index (χ3v) is 4.62. The summed E-state index contributed by atoms with van der Waals surface area (Å²) in [5.41, 5.74) is 3.08. The van der Waals surface area contributed by atoms with Crippen LogP contribution in [0.3, 0.4) is 0 Å². The lowest BCUT2D eigenvalue weighted by Gasteiger charge is -2.26. The van der Waals surface area contributed by atoms with Crippen molar-refractivity contribution in [2.45, 2.75) is 26.4 Å². The molecule has 1 amide bonds. The van der Waals surface area contributed by atoms with Crippen LogP contribution in [0.4, 0.5) is 0 Å². The van der Waals surface area contributed by atoms with E-state index in [-0.39, 0.29) is 11.9 Å². The Morgan fingerprint density at radius 1 is 1.11 bits per heavy atom. The van der Waals surface area contributed by atoms with Gasteiger partial charge in [-0.1, -0.05) is 29.8 Å². The highest BCUT2D eigenvalue weighted by atomic mass is 16.5. The minimum absolute atomic E-state index is 0.0760. The van der Waals surface area contributed by atoms with Gasteiger partial charge in [-0.05, 0) is 43.7 Å². The number of benzene rings is 2. The molecule has 0 spiro atoms. The second kappa shape index (κ2) is 9.53. The normalized spacial score (nSPS) is 15.9. The van der Waals surface area contributed by atoms with E-state index in [4.69, 9.17) is 9.47 Å². The number of morpholine rings is 1. The molecule has 144 valence electrons. The van der Waals surface area contributed by atoms with Crippen molar-refractivity contribution in [2.24, 2.45) is 0 Å². The summed E-state index contributed by atoms with van der Waals surface area (Å²) >= 11 is 0. The molecule has 1 saturated heterocycles. The van der Waals surface area contributed by atoms with Crippen molar-refractivity contribution in [1.29, 1.82) is 0 Å². The van der Waals surface area contributed by atoms with E-state index in [0.717, 1.165) is 38.6 Å². The number of amides is 1. The Hall–Kier alpha value is -2.37. The molecule has 0 aliphatic carbocycles. The molecule has 1 aliphatic heterocycles. The molecule has 1 heterocycles. The molecule has 5 nitrogen and oxygen atoms in total. The Morgan fingerprint density at radius 2 is 1.78 bits per heavy atom. The van der Waals surface area contributed by atoms with Gasteiger partial charge >= 0.3 is 0 Å². The zero-order chi connectivity index (χ0) is 19.1. The van der Waals surface area contributed by atoms with E-state index < -0.39 is 0 Å². The molecule has 5 heteroatoms. The smallest absolute Gasteiger partial charge is 0.251 e. The zero-order valence-corrected chi connectivity index (χ0v) is 16.1. The first-order valence-electron chi connectivity index (χ1n) is 9.49. The van der Waals surface area contributed by atoms with Crippen molar-refractivity contribution < 1.29 is 14.3 Å². The molecule has 0 saturated carbocycles. The van der Waals surface area contributed by atoms with Gasteiger partial charge in [-0.3, -0.25) is 9.69 Å². The second-order valence-corrected chi connectivity index (χ2v) is 7.08. The van der Waals surface area contributed by atoms with Gasteiger partial charge in [0, 0.05) is 25.2 Å². The van der Waals surface area contributed by atoms with Gasteiger partial charge in [0.25, 0.3) is 5.91 Å². The number of aryl methyl sites for hydroxylation is 1. The first-order chi connectivity index (χ1) is 13.1. The Bertz CT molecular complexity index is 722. The lowest BCUT2D eigenvalue weighted by Crippen LogP contribution is -2.37. The number of nitrogens with zero attached hydrogens (tertiary/aromatic N) is 1. The lowest BCUT2D eigenvalue weighted by atomic mass is 10.1. The van der Waals surface area contributed by atoms with E-state index in [0.29, 0.717) is 12.2 Å². The maximum Gasteiger partial charge on any atom is 0.251 e. The van der Waals surface area contributed by atoms with Crippen molar-refractivity contribution >= 4 is 5.91 Å². The summed E-state index contributed by atoms with van der Waals surface area (Å²) in [7, 11) is 0. The molecule has 2 aromatic rings. The lowest BCUT2D eigenvalue weighted by molar-refractivity contribution is 0.0342. The van der Waals surface area contributed by atoms with Crippen LogP contribution in [-0.4, -0.2) is 49.8 Å². The molecular weight excluding hydrogens is 340 g/mol. The molecule has 0 unspecified atom stereocenters. The highest BCUT2D eigenvalue weighted by Gasteiger charge is 2.13. The van der Waals surface area contributed by atoms with E-state index in [1.165, 1.54) is 11.1 Å². The molecule has 2 aromatic carbocycles. The topological polar surface area (TPSA) is 50.8 Å². The van der Waals surface area contributed by atoms with Gasteiger partial charge in [0.1, 0.15) is 12.4 Å². The second-order valence-electron chi connectivity index (χ2n) is 7.08. The SMILES string of the molecule is Cc1ccc(OC[C@H](C)NC(=O)c2ccc(CN3CCOCC3)cc2)cc1. The highest BCUT2D eigenvalue weighted by Crippen LogP contribution is 2.12. The number of carbonyl (C=O) groups is 1. The summed E-state index contributed by atoms with van der Waals surface area (Å²) in [6.45, 7) is 8.82.